The van der Waals surface area contributed by atoms with Crippen molar-refractivity contribution in [1.29, 1.82) is 0 Å². The monoisotopic (exact) mass is 313 g/mol. The Morgan fingerprint density at radius 1 is 1.23 bits per heavy atom. The number of benzene rings is 2. The molecule has 0 saturated heterocycles. The number of carbonyl (C=O) groups excluding carboxylic acids is 1. The van der Waals surface area contributed by atoms with Gasteiger partial charge in [0.15, 0.2) is 5.58 Å². The maximum absolute atomic E-state index is 12.2. The van der Waals surface area contributed by atoms with E-state index in [-0.39, 0.29) is 10.8 Å². The standard InChI is InChI=1S/C17H15NO3S/c1-10-8-13(11(2)16-15(10)21-17(20)22-16)18-14(19)9-12-6-4-3-5-7-12/h3-8H,9H2,1-2H3,(H,18,19). The van der Waals surface area contributed by atoms with Gasteiger partial charge in [-0.05, 0) is 36.6 Å². The average Bonchev–Trinajstić information content (AvgIpc) is 2.88. The molecule has 1 N–H and O–H groups in total. The van der Waals surface area contributed by atoms with E-state index >= 15 is 0 Å². The van der Waals surface area contributed by atoms with Gasteiger partial charge < -0.3 is 9.73 Å². The number of nitrogens with one attached hydrogen (secondary N) is 1. The van der Waals surface area contributed by atoms with Crippen molar-refractivity contribution in [2.75, 3.05) is 5.32 Å². The highest BCUT2D eigenvalue weighted by Gasteiger charge is 2.14. The van der Waals surface area contributed by atoms with Crippen LogP contribution < -0.4 is 10.3 Å². The molecule has 112 valence electrons. The van der Waals surface area contributed by atoms with E-state index in [2.05, 4.69) is 5.32 Å². The Kier molecular flexibility index (Phi) is 3.81. The van der Waals surface area contributed by atoms with Crippen molar-refractivity contribution in [2.45, 2.75) is 20.3 Å². The predicted octanol–water partition coefficient (Wildman–Crippen LogP) is 3.65. The van der Waals surface area contributed by atoms with Gasteiger partial charge in [-0.1, -0.05) is 41.7 Å². The Labute approximate surface area is 131 Å². The highest BCUT2D eigenvalue weighted by atomic mass is 32.1. The van der Waals surface area contributed by atoms with Crippen molar-refractivity contribution < 1.29 is 9.21 Å². The SMILES string of the molecule is Cc1cc(NC(=O)Cc2ccccc2)c(C)c2sc(=O)oc12. The molecule has 3 aromatic rings. The van der Waals surface area contributed by atoms with Gasteiger partial charge in [-0.25, -0.2) is 4.79 Å². The fraction of sp³-hybridized carbons (Fsp3) is 0.176. The summed E-state index contributed by atoms with van der Waals surface area (Å²) in [5.74, 6) is -0.0797. The smallest absolute Gasteiger partial charge is 0.396 e. The maximum atomic E-state index is 12.2. The summed E-state index contributed by atoms with van der Waals surface area (Å²) in [6, 6.07) is 11.4. The summed E-state index contributed by atoms with van der Waals surface area (Å²) in [5.41, 5.74) is 3.99. The summed E-state index contributed by atoms with van der Waals surface area (Å²) in [5, 5.41) is 2.92. The van der Waals surface area contributed by atoms with Crippen LogP contribution in [0.3, 0.4) is 0 Å². The van der Waals surface area contributed by atoms with E-state index in [9.17, 15) is 9.59 Å². The molecule has 1 aromatic heterocycles. The molecular formula is C17H15NO3S. The van der Waals surface area contributed by atoms with Gasteiger partial charge >= 0.3 is 4.94 Å². The van der Waals surface area contributed by atoms with Crippen molar-refractivity contribution in [3.8, 4) is 0 Å². The molecule has 1 amide bonds. The summed E-state index contributed by atoms with van der Waals surface area (Å²) in [7, 11) is 0. The van der Waals surface area contributed by atoms with Crippen molar-refractivity contribution in [1.82, 2.24) is 0 Å². The van der Waals surface area contributed by atoms with Crippen LogP contribution >= 0.6 is 11.3 Å². The zero-order valence-electron chi connectivity index (χ0n) is 12.3. The third kappa shape index (κ3) is 2.80. The third-order valence-electron chi connectivity index (χ3n) is 3.52. The van der Waals surface area contributed by atoms with Gasteiger partial charge in [0.1, 0.15) is 0 Å². The molecule has 1 heterocycles. The lowest BCUT2D eigenvalue weighted by Crippen LogP contribution is -2.15. The molecule has 0 aliphatic heterocycles. The van der Waals surface area contributed by atoms with Gasteiger partial charge in [0.2, 0.25) is 5.91 Å². The Balaban J connectivity index is 1.89. The van der Waals surface area contributed by atoms with Crippen LogP contribution in [-0.4, -0.2) is 5.91 Å². The van der Waals surface area contributed by atoms with E-state index in [1.807, 2.05) is 50.2 Å². The number of carbonyl (C=O) groups is 1. The Bertz CT molecular complexity index is 893. The maximum Gasteiger partial charge on any atom is 0.396 e. The molecule has 0 aliphatic carbocycles. The summed E-state index contributed by atoms with van der Waals surface area (Å²) < 4.78 is 5.98. The summed E-state index contributed by atoms with van der Waals surface area (Å²) in [6.45, 7) is 3.75. The number of fused-ring (bicyclic) bond motifs is 1. The predicted molar refractivity (Wildman–Crippen MR) is 88.6 cm³/mol. The van der Waals surface area contributed by atoms with Crippen LogP contribution in [0.25, 0.3) is 10.3 Å². The van der Waals surface area contributed by atoms with E-state index in [4.69, 9.17) is 4.42 Å². The molecule has 0 bridgehead atoms. The number of aryl methyl sites for hydroxylation is 2. The number of rotatable bonds is 3. The quantitative estimate of drug-likeness (QED) is 0.803. The number of hydrogen-bond donors (Lipinski definition) is 1. The highest BCUT2D eigenvalue weighted by Crippen LogP contribution is 2.30. The number of hydrogen-bond acceptors (Lipinski definition) is 4. The van der Waals surface area contributed by atoms with Crippen molar-refractivity contribution >= 4 is 33.2 Å². The fourth-order valence-electron chi connectivity index (χ4n) is 2.40. The van der Waals surface area contributed by atoms with Crippen molar-refractivity contribution in [3.05, 3.63) is 62.8 Å². The van der Waals surface area contributed by atoms with E-state index in [0.717, 1.165) is 38.4 Å². The van der Waals surface area contributed by atoms with Gasteiger partial charge in [0.25, 0.3) is 0 Å². The minimum atomic E-state index is -0.325. The van der Waals surface area contributed by atoms with E-state index in [1.54, 1.807) is 0 Å². The van der Waals surface area contributed by atoms with E-state index in [0.29, 0.717) is 12.0 Å². The molecule has 5 heteroatoms. The second-order valence-corrected chi connectivity index (χ2v) is 6.13. The van der Waals surface area contributed by atoms with Crippen molar-refractivity contribution in [2.24, 2.45) is 0 Å². The van der Waals surface area contributed by atoms with Crippen LogP contribution in [0.15, 0.2) is 45.6 Å². The lowest BCUT2D eigenvalue weighted by molar-refractivity contribution is -0.115. The van der Waals surface area contributed by atoms with Gasteiger partial charge in [-0.15, -0.1) is 0 Å². The highest BCUT2D eigenvalue weighted by molar-refractivity contribution is 7.16. The Morgan fingerprint density at radius 3 is 2.68 bits per heavy atom. The molecule has 0 aliphatic rings. The van der Waals surface area contributed by atoms with Crippen LogP contribution in [0.5, 0.6) is 0 Å². The first kappa shape index (κ1) is 14.5. The lowest BCUT2D eigenvalue weighted by Gasteiger charge is -2.10. The van der Waals surface area contributed by atoms with Gasteiger partial charge in [-0.2, -0.15) is 0 Å². The molecule has 0 atom stereocenters. The molecule has 0 radical (unpaired) electrons. The molecule has 0 fully saturated rings. The fourth-order valence-corrected chi connectivity index (χ4v) is 3.25. The molecule has 22 heavy (non-hydrogen) atoms. The first-order valence-corrected chi connectivity index (χ1v) is 7.74. The minimum Gasteiger partial charge on any atom is -0.414 e. The molecule has 2 aromatic carbocycles. The van der Waals surface area contributed by atoms with Gasteiger partial charge in [-0.3, -0.25) is 4.79 Å². The molecule has 0 saturated carbocycles. The van der Waals surface area contributed by atoms with Crippen LogP contribution in [0.4, 0.5) is 5.69 Å². The topological polar surface area (TPSA) is 59.3 Å². The zero-order chi connectivity index (χ0) is 15.7. The zero-order valence-corrected chi connectivity index (χ0v) is 13.1. The second kappa shape index (κ2) is 5.77. The van der Waals surface area contributed by atoms with Gasteiger partial charge in [0, 0.05) is 5.69 Å². The Hall–Kier alpha value is -2.40. The van der Waals surface area contributed by atoms with E-state index in [1.165, 1.54) is 0 Å². The summed E-state index contributed by atoms with van der Waals surface area (Å²) >= 11 is 1.06. The summed E-state index contributed by atoms with van der Waals surface area (Å²) in [6.07, 6.45) is 0.318. The minimum absolute atomic E-state index is 0.0797. The van der Waals surface area contributed by atoms with Crippen LogP contribution in [0, 0.1) is 13.8 Å². The first-order chi connectivity index (χ1) is 10.5. The van der Waals surface area contributed by atoms with Crippen molar-refractivity contribution in [3.63, 3.8) is 0 Å². The van der Waals surface area contributed by atoms with Crippen LogP contribution in [-0.2, 0) is 11.2 Å². The lowest BCUT2D eigenvalue weighted by atomic mass is 10.1. The molecule has 4 nitrogen and oxygen atoms in total. The normalized spacial score (nSPS) is 10.8. The molecule has 0 spiro atoms. The third-order valence-corrected chi connectivity index (χ3v) is 4.47. The van der Waals surface area contributed by atoms with Gasteiger partial charge in [0.05, 0.1) is 11.1 Å². The van der Waals surface area contributed by atoms with Crippen LogP contribution in [0.1, 0.15) is 16.7 Å². The molecular weight excluding hydrogens is 298 g/mol. The van der Waals surface area contributed by atoms with E-state index < -0.39 is 0 Å². The molecule has 3 rings (SSSR count). The van der Waals surface area contributed by atoms with Crippen LogP contribution in [0.2, 0.25) is 0 Å². The first-order valence-electron chi connectivity index (χ1n) is 6.92. The number of anilines is 1. The number of amides is 1. The molecule has 0 unspecified atom stereocenters. The largest absolute Gasteiger partial charge is 0.414 e. The summed E-state index contributed by atoms with van der Waals surface area (Å²) in [4.78, 5) is 23.3. The Morgan fingerprint density at radius 2 is 1.95 bits per heavy atom. The second-order valence-electron chi connectivity index (χ2n) is 5.19. The average molecular weight is 313 g/mol.